The Balaban J connectivity index is 1.55. The maximum Gasteiger partial charge on any atom is 0.226 e. The van der Waals surface area contributed by atoms with E-state index in [4.69, 9.17) is 14.2 Å². The van der Waals surface area contributed by atoms with Crippen LogP contribution in [0.1, 0.15) is 12.8 Å². The minimum atomic E-state index is -3.39. The summed E-state index contributed by atoms with van der Waals surface area (Å²) < 4.78 is 42.6. The quantitative estimate of drug-likeness (QED) is 0.658. The van der Waals surface area contributed by atoms with E-state index in [9.17, 15) is 13.2 Å². The van der Waals surface area contributed by atoms with E-state index in [2.05, 4.69) is 0 Å². The fraction of sp³-hybridized carbons (Fsp3) is 0.933. The molecule has 24 heavy (non-hydrogen) atoms. The van der Waals surface area contributed by atoms with E-state index in [1.807, 2.05) is 0 Å². The summed E-state index contributed by atoms with van der Waals surface area (Å²) in [5.41, 5.74) is 0. The first-order valence-electron chi connectivity index (χ1n) is 8.60. The number of carbonyl (C=O) groups is 1. The second kappa shape index (κ2) is 8.09. The second-order valence-corrected chi connectivity index (χ2v) is 8.47. The van der Waals surface area contributed by atoms with Crippen LogP contribution in [0.4, 0.5) is 0 Å². The van der Waals surface area contributed by atoms with Crippen molar-refractivity contribution in [3.63, 3.8) is 0 Å². The van der Waals surface area contributed by atoms with Gasteiger partial charge in [-0.3, -0.25) is 4.79 Å². The molecule has 1 amide bonds. The molecule has 0 aromatic carbocycles. The zero-order chi connectivity index (χ0) is 17.0. The highest BCUT2D eigenvalue weighted by atomic mass is 32.2. The highest BCUT2D eigenvalue weighted by molar-refractivity contribution is 7.89. The molecular formula is C15H26N2O6S. The van der Waals surface area contributed by atoms with E-state index in [-0.39, 0.29) is 17.6 Å². The largest absolute Gasteiger partial charge is 0.381 e. The lowest BCUT2D eigenvalue weighted by Crippen LogP contribution is -2.52. The van der Waals surface area contributed by atoms with Crippen LogP contribution in [0.3, 0.4) is 0 Å². The molecule has 0 saturated carbocycles. The lowest BCUT2D eigenvalue weighted by Gasteiger charge is -2.36. The summed E-state index contributed by atoms with van der Waals surface area (Å²) in [7, 11) is -3.39. The Morgan fingerprint density at radius 2 is 1.62 bits per heavy atom. The first kappa shape index (κ1) is 18.1. The Bertz CT molecular complexity index is 528. The fourth-order valence-electron chi connectivity index (χ4n) is 3.39. The molecule has 1 atom stereocenters. The number of sulfonamides is 1. The van der Waals surface area contributed by atoms with Crippen molar-refractivity contribution in [2.45, 2.75) is 18.9 Å². The zero-order valence-corrected chi connectivity index (χ0v) is 14.7. The molecule has 0 unspecified atom stereocenters. The molecule has 0 N–H and O–H groups in total. The van der Waals surface area contributed by atoms with Crippen LogP contribution >= 0.6 is 0 Å². The first-order chi connectivity index (χ1) is 11.6. The summed E-state index contributed by atoms with van der Waals surface area (Å²) in [6.45, 7) is 4.14. The number of nitrogens with zero attached hydrogens (tertiary/aromatic N) is 2. The molecule has 3 fully saturated rings. The van der Waals surface area contributed by atoms with Crippen molar-refractivity contribution < 1.29 is 27.4 Å². The predicted molar refractivity (Wildman–Crippen MR) is 86.0 cm³/mol. The van der Waals surface area contributed by atoms with Gasteiger partial charge in [-0.25, -0.2) is 8.42 Å². The van der Waals surface area contributed by atoms with Gasteiger partial charge in [0, 0.05) is 45.3 Å². The van der Waals surface area contributed by atoms with Gasteiger partial charge in [0.2, 0.25) is 15.9 Å². The zero-order valence-electron chi connectivity index (χ0n) is 13.9. The third-order valence-corrected chi connectivity index (χ3v) is 6.73. The number of ether oxygens (including phenoxy) is 3. The number of rotatable bonds is 4. The van der Waals surface area contributed by atoms with Crippen LogP contribution in [0.5, 0.6) is 0 Å². The van der Waals surface area contributed by atoms with Gasteiger partial charge < -0.3 is 19.1 Å². The van der Waals surface area contributed by atoms with Gasteiger partial charge in [0.25, 0.3) is 0 Å². The van der Waals surface area contributed by atoms with Crippen LogP contribution in [0.25, 0.3) is 0 Å². The Kier molecular flexibility index (Phi) is 6.09. The van der Waals surface area contributed by atoms with Crippen molar-refractivity contribution in [3.8, 4) is 0 Å². The number of amides is 1. The molecule has 3 saturated heterocycles. The van der Waals surface area contributed by atoms with Crippen LogP contribution in [-0.4, -0.2) is 94.6 Å². The van der Waals surface area contributed by atoms with Gasteiger partial charge in [0.05, 0.1) is 31.7 Å². The summed E-state index contributed by atoms with van der Waals surface area (Å²) in [4.78, 5) is 14.4. The van der Waals surface area contributed by atoms with Crippen LogP contribution in [0.2, 0.25) is 0 Å². The number of hydrogen-bond acceptors (Lipinski definition) is 6. The standard InChI is InChI=1S/C15H26N2O6S/c18-15(13-1-6-21-7-2-13)16-3-10-23-14(11-16)12-24(19,20)17-4-8-22-9-5-17/h13-14H,1-12H2/t14-/m0/s1. The van der Waals surface area contributed by atoms with Crippen LogP contribution < -0.4 is 0 Å². The molecule has 8 nitrogen and oxygen atoms in total. The van der Waals surface area contributed by atoms with Crippen LogP contribution in [-0.2, 0) is 29.0 Å². The van der Waals surface area contributed by atoms with Crippen molar-refractivity contribution in [2.75, 3.05) is 65.0 Å². The molecule has 3 aliphatic heterocycles. The maximum absolute atomic E-state index is 12.6. The first-order valence-corrected chi connectivity index (χ1v) is 10.2. The van der Waals surface area contributed by atoms with Gasteiger partial charge in [-0.1, -0.05) is 0 Å². The second-order valence-electron chi connectivity index (χ2n) is 6.45. The Morgan fingerprint density at radius 3 is 2.33 bits per heavy atom. The van der Waals surface area contributed by atoms with E-state index in [0.29, 0.717) is 59.2 Å². The van der Waals surface area contributed by atoms with E-state index in [1.54, 1.807) is 4.90 Å². The highest BCUT2D eigenvalue weighted by Gasteiger charge is 2.34. The predicted octanol–water partition coefficient (Wildman–Crippen LogP) is -0.698. The molecule has 0 radical (unpaired) electrons. The van der Waals surface area contributed by atoms with Gasteiger partial charge in [0.1, 0.15) is 0 Å². The third kappa shape index (κ3) is 4.45. The maximum atomic E-state index is 12.6. The van der Waals surface area contributed by atoms with E-state index in [0.717, 1.165) is 12.8 Å². The Labute approximate surface area is 143 Å². The van der Waals surface area contributed by atoms with Crippen LogP contribution in [0.15, 0.2) is 0 Å². The van der Waals surface area contributed by atoms with Gasteiger partial charge in [-0.2, -0.15) is 4.31 Å². The summed E-state index contributed by atoms with van der Waals surface area (Å²) in [6, 6.07) is 0. The lowest BCUT2D eigenvalue weighted by atomic mass is 9.98. The molecule has 3 heterocycles. The third-order valence-electron chi connectivity index (χ3n) is 4.78. The van der Waals surface area contributed by atoms with Gasteiger partial charge in [-0.05, 0) is 12.8 Å². The molecule has 0 aromatic rings. The number of morpholine rings is 2. The van der Waals surface area contributed by atoms with Gasteiger partial charge >= 0.3 is 0 Å². The minimum absolute atomic E-state index is 0.00616. The SMILES string of the molecule is O=C(C1CCOCC1)N1CCO[C@H](CS(=O)(=O)N2CCOCC2)C1. The normalized spacial score (nSPS) is 28.0. The van der Waals surface area contributed by atoms with E-state index >= 15 is 0 Å². The average molecular weight is 362 g/mol. The molecule has 0 aliphatic carbocycles. The van der Waals surface area contributed by atoms with Crippen molar-refractivity contribution >= 4 is 15.9 Å². The smallest absolute Gasteiger partial charge is 0.226 e. The summed E-state index contributed by atoms with van der Waals surface area (Å²) in [6.07, 6.45) is 1.02. The van der Waals surface area contributed by atoms with Crippen LogP contribution in [0, 0.1) is 5.92 Å². The molecule has 3 aliphatic rings. The summed E-state index contributed by atoms with van der Waals surface area (Å²) in [5.74, 6) is 0.0219. The van der Waals surface area contributed by atoms with Crippen molar-refractivity contribution in [1.29, 1.82) is 0 Å². The van der Waals surface area contributed by atoms with E-state index in [1.165, 1.54) is 4.31 Å². The Morgan fingerprint density at radius 1 is 0.958 bits per heavy atom. The topological polar surface area (TPSA) is 85.4 Å². The van der Waals surface area contributed by atoms with Crippen molar-refractivity contribution in [3.05, 3.63) is 0 Å². The molecular weight excluding hydrogens is 336 g/mol. The van der Waals surface area contributed by atoms with Gasteiger partial charge in [-0.15, -0.1) is 0 Å². The summed E-state index contributed by atoms with van der Waals surface area (Å²) in [5, 5.41) is 0. The molecule has 0 aromatic heterocycles. The molecule has 0 bridgehead atoms. The minimum Gasteiger partial charge on any atom is -0.381 e. The summed E-state index contributed by atoms with van der Waals surface area (Å²) >= 11 is 0. The monoisotopic (exact) mass is 362 g/mol. The molecule has 138 valence electrons. The van der Waals surface area contributed by atoms with Gasteiger partial charge in [0.15, 0.2) is 0 Å². The fourth-order valence-corrected chi connectivity index (χ4v) is 4.98. The van der Waals surface area contributed by atoms with Crippen molar-refractivity contribution in [2.24, 2.45) is 5.92 Å². The number of carbonyl (C=O) groups excluding carboxylic acids is 1. The highest BCUT2D eigenvalue weighted by Crippen LogP contribution is 2.20. The molecule has 3 rings (SSSR count). The average Bonchev–Trinajstić information content (AvgIpc) is 2.62. The Hall–Kier alpha value is -0.740. The number of hydrogen-bond donors (Lipinski definition) is 0. The lowest BCUT2D eigenvalue weighted by molar-refractivity contribution is -0.145. The molecule has 9 heteroatoms. The van der Waals surface area contributed by atoms with Crippen molar-refractivity contribution in [1.82, 2.24) is 9.21 Å². The van der Waals surface area contributed by atoms with E-state index < -0.39 is 16.1 Å². The molecule has 0 spiro atoms.